The summed E-state index contributed by atoms with van der Waals surface area (Å²) in [6, 6.07) is 23.0. The van der Waals surface area contributed by atoms with Gasteiger partial charge in [-0.3, -0.25) is 9.69 Å². The number of ether oxygens (including phenoxy) is 1. The van der Waals surface area contributed by atoms with Gasteiger partial charge in [-0.2, -0.15) is 0 Å². The average molecular weight is 534 g/mol. The molecule has 1 amide bonds. The highest BCUT2D eigenvalue weighted by Crippen LogP contribution is 2.30. The number of hydrogen-bond donors (Lipinski definition) is 1. The molecule has 0 bridgehead atoms. The minimum Gasteiger partial charge on any atom is -0.381 e. The predicted molar refractivity (Wildman–Crippen MR) is 158 cm³/mol. The largest absolute Gasteiger partial charge is 0.381 e. The van der Waals surface area contributed by atoms with Crippen LogP contribution in [-0.2, 0) is 23.0 Å². The lowest BCUT2D eigenvalue weighted by Crippen LogP contribution is -2.52. The van der Waals surface area contributed by atoms with Gasteiger partial charge in [-0.05, 0) is 40.8 Å². The van der Waals surface area contributed by atoms with Gasteiger partial charge in [0.25, 0.3) is 0 Å². The molecule has 2 aliphatic heterocycles. The molecule has 7 heteroatoms. The second-order valence-electron chi connectivity index (χ2n) is 11.3. The highest BCUT2D eigenvalue weighted by Gasteiger charge is 2.35. The monoisotopic (exact) mass is 533 g/mol. The summed E-state index contributed by atoms with van der Waals surface area (Å²) in [7, 11) is 2.04. The Bertz CT molecular complexity index is 1660. The molecule has 2 atom stereocenters. The number of imidazole rings is 1. The Balaban J connectivity index is 1.17. The molecule has 2 saturated heterocycles. The van der Waals surface area contributed by atoms with Gasteiger partial charge in [-0.1, -0.05) is 54.6 Å². The first kappa shape index (κ1) is 25.1. The van der Waals surface area contributed by atoms with Crippen LogP contribution in [0.3, 0.4) is 0 Å². The van der Waals surface area contributed by atoms with Gasteiger partial charge in [0, 0.05) is 62.5 Å². The number of nitrogens with zero attached hydrogens (tertiary/aromatic N) is 4. The number of benzene rings is 3. The fraction of sp³-hybridized carbons (Fsp3) is 0.333. The fourth-order valence-electron chi connectivity index (χ4n) is 6.47. The molecule has 0 radical (unpaired) electrons. The maximum Gasteiger partial charge on any atom is 0.227 e. The SMILES string of the molecule is Cn1cc(CC(=O)N2CCN(CC3CCOC3)CC2c2ncc(-c3ccc4ccccc4c3)[nH]2)c2ccccc21. The van der Waals surface area contributed by atoms with Crippen molar-refractivity contribution in [3.8, 4) is 11.3 Å². The number of hydrogen-bond acceptors (Lipinski definition) is 4. The second kappa shape index (κ2) is 10.6. The number of aromatic amines is 1. The molecule has 7 nitrogen and oxygen atoms in total. The first-order chi connectivity index (χ1) is 19.6. The summed E-state index contributed by atoms with van der Waals surface area (Å²) in [6.07, 6.45) is 5.50. The van der Waals surface area contributed by atoms with E-state index < -0.39 is 0 Å². The average Bonchev–Trinajstić information content (AvgIpc) is 3.75. The molecule has 0 saturated carbocycles. The maximum atomic E-state index is 13.9. The smallest absolute Gasteiger partial charge is 0.227 e. The van der Waals surface area contributed by atoms with Crippen molar-refractivity contribution < 1.29 is 9.53 Å². The highest BCUT2D eigenvalue weighted by molar-refractivity contribution is 5.90. The van der Waals surface area contributed by atoms with Crippen molar-refractivity contribution in [3.05, 3.63) is 90.5 Å². The lowest BCUT2D eigenvalue weighted by Gasteiger charge is -2.41. The van der Waals surface area contributed by atoms with Gasteiger partial charge in [0.1, 0.15) is 11.9 Å². The third-order valence-corrected chi connectivity index (χ3v) is 8.62. The first-order valence-corrected chi connectivity index (χ1v) is 14.3. The lowest BCUT2D eigenvalue weighted by molar-refractivity contribution is -0.136. The molecule has 0 aliphatic carbocycles. The Morgan fingerprint density at radius 2 is 1.90 bits per heavy atom. The van der Waals surface area contributed by atoms with E-state index in [2.05, 4.69) is 75.2 Å². The Morgan fingerprint density at radius 3 is 2.77 bits per heavy atom. The summed E-state index contributed by atoms with van der Waals surface area (Å²) in [5.74, 6) is 1.55. The van der Waals surface area contributed by atoms with Crippen molar-refractivity contribution in [1.82, 2.24) is 24.3 Å². The summed E-state index contributed by atoms with van der Waals surface area (Å²) in [5, 5.41) is 3.56. The van der Waals surface area contributed by atoms with Gasteiger partial charge < -0.3 is 19.2 Å². The van der Waals surface area contributed by atoms with Gasteiger partial charge >= 0.3 is 0 Å². The zero-order valence-electron chi connectivity index (χ0n) is 22.9. The van der Waals surface area contributed by atoms with Crippen LogP contribution in [0, 0.1) is 5.92 Å². The Kier molecular flexibility index (Phi) is 6.61. The maximum absolute atomic E-state index is 13.9. The van der Waals surface area contributed by atoms with Crippen LogP contribution < -0.4 is 0 Å². The van der Waals surface area contributed by atoms with E-state index in [-0.39, 0.29) is 11.9 Å². The van der Waals surface area contributed by atoms with E-state index in [0.29, 0.717) is 18.9 Å². The number of H-pyrrole nitrogens is 1. The van der Waals surface area contributed by atoms with Crippen molar-refractivity contribution in [2.24, 2.45) is 13.0 Å². The van der Waals surface area contributed by atoms with E-state index >= 15 is 0 Å². The van der Waals surface area contributed by atoms with Crippen molar-refractivity contribution in [2.45, 2.75) is 18.9 Å². The Labute approximate surface area is 234 Å². The molecule has 7 rings (SSSR count). The third-order valence-electron chi connectivity index (χ3n) is 8.62. The number of para-hydroxylation sites is 1. The van der Waals surface area contributed by atoms with Gasteiger partial charge in [0.15, 0.2) is 0 Å². The number of piperazine rings is 1. The molecule has 2 unspecified atom stereocenters. The normalized spacial score (nSPS) is 20.1. The van der Waals surface area contributed by atoms with E-state index in [4.69, 9.17) is 9.72 Å². The van der Waals surface area contributed by atoms with Crippen LogP contribution in [0.25, 0.3) is 32.9 Å². The lowest BCUT2D eigenvalue weighted by atomic mass is 10.0. The molecule has 3 aromatic carbocycles. The molecular weight excluding hydrogens is 498 g/mol. The standard InChI is InChI=1S/C33H35N5O2/c1-36-20-27(28-8-4-5-9-30(28)36)17-32(39)38-14-13-37(19-23-12-15-40-22-23)21-31(38)33-34-18-29(35-33)26-11-10-24-6-2-3-7-25(24)16-26/h2-11,16,18,20,23,31H,12-15,17,19,21-22H2,1H3,(H,34,35). The summed E-state index contributed by atoms with van der Waals surface area (Å²) in [6.45, 7) is 5.01. The van der Waals surface area contributed by atoms with Gasteiger partial charge in [-0.25, -0.2) is 4.98 Å². The van der Waals surface area contributed by atoms with E-state index in [9.17, 15) is 4.79 Å². The summed E-state index contributed by atoms with van der Waals surface area (Å²) < 4.78 is 7.75. The highest BCUT2D eigenvalue weighted by atomic mass is 16.5. The number of amides is 1. The Morgan fingerprint density at radius 1 is 1.05 bits per heavy atom. The molecule has 2 aliphatic rings. The van der Waals surface area contributed by atoms with Crippen LogP contribution in [0.15, 0.2) is 79.1 Å². The van der Waals surface area contributed by atoms with Crippen LogP contribution in [0.2, 0.25) is 0 Å². The number of aromatic nitrogens is 3. The molecule has 40 heavy (non-hydrogen) atoms. The predicted octanol–water partition coefficient (Wildman–Crippen LogP) is 5.19. The molecule has 4 heterocycles. The minimum absolute atomic E-state index is 0.132. The molecule has 5 aromatic rings. The van der Waals surface area contributed by atoms with Crippen molar-refractivity contribution in [2.75, 3.05) is 39.4 Å². The molecule has 1 N–H and O–H groups in total. The molecule has 2 aromatic heterocycles. The van der Waals surface area contributed by atoms with E-state index in [0.717, 1.165) is 72.8 Å². The van der Waals surface area contributed by atoms with Crippen molar-refractivity contribution >= 4 is 27.6 Å². The number of carbonyl (C=O) groups excluding carboxylic acids is 1. The molecule has 2 fully saturated rings. The van der Waals surface area contributed by atoms with E-state index in [1.807, 2.05) is 30.3 Å². The summed E-state index contributed by atoms with van der Waals surface area (Å²) in [5.41, 5.74) is 4.30. The fourth-order valence-corrected chi connectivity index (χ4v) is 6.47. The van der Waals surface area contributed by atoms with Crippen LogP contribution in [0.1, 0.15) is 23.9 Å². The van der Waals surface area contributed by atoms with Crippen LogP contribution in [0.4, 0.5) is 0 Å². The number of fused-ring (bicyclic) bond motifs is 2. The van der Waals surface area contributed by atoms with Gasteiger partial charge in [0.2, 0.25) is 5.91 Å². The van der Waals surface area contributed by atoms with Crippen molar-refractivity contribution in [1.29, 1.82) is 0 Å². The van der Waals surface area contributed by atoms with E-state index in [1.54, 1.807) is 0 Å². The molecule has 0 spiro atoms. The minimum atomic E-state index is -0.132. The zero-order chi connectivity index (χ0) is 27.1. The summed E-state index contributed by atoms with van der Waals surface area (Å²) in [4.78, 5) is 26.9. The van der Waals surface area contributed by atoms with Gasteiger partial charge in [-0.15, -0.1) is 0 Å². The number of rotatable bonds is 6. The topological polar surface area (TPSA) is 66.4 Å². The number of carbonyl (C=O) groups is 1. The van der Waals surface area contributed by atoms with Crippen LogP contribution in [0.5, 0.6) is 0 Å². The summed E-state index contributed by atoms with van der Waals surface area (Å²) >= 11 is 0. The molecule has 204 valence electrons. The number of nitrogens with one attached hydrogen (secondary N) is 1. The van der Waals surface area contributed by atoms with Crippen LogP contribution >= 0.6 is 0 Å². The zero-order valence-corrected chi connectivity index (χ0v) is 22.9. The molecular formula is C33H35N5O2. The second-order valence-corrected chi connectivity index (χ2v) is 11.3. The Hall–Kier alpha value is -3.94. The van der Waals surface area contributed by atoms with E-state index in [1.165, 1.54) is 10.8 Å². The quantitative estimate of drug-likeness (QED) is 0.326. The van der Waals surface area contributed by atoms with Crippen LogP contribution in [-0.4, -0.2) is 69.6 Å². The van der Waals surface area contributed by atoms with Gasteiger partial charge in [0.05, 0.1) is 24.9 Å². The first-order valence-electron chi connectivity index (χ1n) is 14.3. The third kappa shape index (κ3) is 4.80. The number of aryl methyl sites for hydroxylation is 1. The van der Waals surface area contributed by atoms with Crippen molar-refractivity contribution in [3.63, 3.8) is 0 Å².